The highest BCUT2D eigenvalue weighted by atomic mass is 16.5. The summed E-state index contributed by atoms with van der Waals surface area (Å²) in [6.07, 6.45) is 2.92. The maximum absolute atomic E-state index is 10.1. The predicted octanol–water partition coefficient (Wildman–Crippen LogP) is 2.92. The number of hydrogen-bond acceptors (Lipinski definition) is 3. The quantitative estimate of drug-likeness (QED) is 0.691. The maximum Gasteiger partial charge on any atom is 0.0600 e. The van der Waals surface area contributed by atoms with Crippen LogP contribution < -0.4 is 0 Å². The van der Waals surface area contributed by atoms with E-state index < -0.39 is 0 Å². The predicted molar refractivity (Wildman–Crippen MR) is 77.9 cm³/mol. The first kappa shape index (κ1) is 17.9. The summed E-state index contributed by atoms with van der Waals surface area (Å²) in [6.45, 7) is 13.4. The summed E-state index contributed by atoms with van der Waals surface area (Å²) in [7, 11) is 1.75. The molecule has 1 unspecified atom stereocenters. The van der Waals surface area contributed by atoms with Gasteiger partial charge in [0.1, 0.15) is 0 Å². The van der Waals surface area contributed by atoms with Crippen LogP contribution in [0.25, 0.3) is 0 Å². The standard InChI is InChI=1S/C15H33NO2/c1-7-13(8-2)16(11-12-18-6)10-9-14(17)15(3,4)5/h13-14,17H,7-12H2,1-6H3. The first-order valence-corrected chi connectivity index (χ1v) is 7.27. The van der Waals surface area contributed by atoms with Crippen LogP contribution in [0.15, 0.2) is 0 Å². The third-order valence-electron chi connectivity index (χ3n) is 3.73. The molecule has 0 aromatic carbocycles. The van der Waals surface area contributed by atoms with Crippen molar-refractivity contribution in [3.05, 3.63) is 0 Å². The molecule has 0 rings (SSSR count). The molecule has 0 saturated carbocycles. The van der Waals surface area contributed by atoms with Crippen molar-refractivity contribution < 1.29 is 9.84 Å². The van der Waals surface area contributed by atoms with E-state index in [0.29, 0.717) is 6.04 Å². The van der Waals surface area contributed by atoms with Crippen molar-refractivity contribution in [3.63, 3.8) is 0 Å². The molecule has 0 aliphatic heterocycles. The largest absolute Gasteiger partial charge is 0.393 e. The molecule has 0 aliphatic rings. The number of nitrogens with zero attached hydrogens (tertiary/aromatic N) is 1. The molecular weight excluding hydrogens is 226 g/mol. The lowest BCUT2D eigenvalue weighted by Gasteiger charge is -2.33. The highest BCUT2D eigenvalue weighted by Crippen LogP contribution is 2.22. The number of aliphatic hydroxyl groups is 1. The van der Waals surface area contributed by atoms with Gasteiger partial charge in [-0.3, -0.25) is 4.90 Å². The Bertz CT molecular complexity index is 197. The SMILES string of the molecule is CCC(CC)N(CCOC)CCC(O)C(C)(C)C. The van der Waals surface area contributed by atoms with Gasteiger partial charge in [0.05, 0.1) is 12.7 Å². The van der Waals surface area contributed by atoms with E-state index in [2.05, 4.69) is 39.5 Å². The molecule has 0 heterocycles. The lowest BCUT2D eigenvalue weighted by molar-refractivity contribution is 0.0347. The Labute approximate surface area is 114 Å². The van der Waals surface area contributed by atoms with Gasteiger partial charge in [-0.2, -0.15) is 0 Å². The van der Waals surface area contributed by atoms with Crippen molar-refractivity contribution in [3.8, 4) is 0 Å². The molecule has 0 fully saturated rings. The van der Waals surface area contributed by atoms with E-state index in [-0.39, 0.29) is 11.5 Å². The Kier molecular flexibility index (Phi) is 8.83. The zero-order valence-electron chi connectivity index (χ0n) is 13.2. The van der Waals surface area contributed by atoms with Crippen molar-refractivity contribution in [1.29, 1.82) is 0 Å². The normalized spacial score (nSPS) is 14.5. The van der Waals surface area contributed by atoms with Gasteiger partial charge in [0.2, 0.25) is 0 Å². The van der Waals surface area contributed by atoms with Crippen molar-refractivity contribution in [2.24, 2.45) is 5.41 Å². The van der Waals surface area contributed by atoms with Gasteiger partial charge in [-0.05, 0) is 24.7 Å². The summed E-state index contributed by atoms with van der Waals surface area (Å²) in [5.74, 6) is 0. The molecule has 0 aromatic heterocycles. The molecule has 18 heavy (non-hydrogen) atoms. The number of methoxy groups -OCH3 is 1. The highest BCUT2D eigenvalue weighted by Gasteiger charge is 2.23. The second-order valence-electron chi connectivity index (χ2n) is 6.17. The summed E-state index contributed by atoms with van der Waals surface area (Å²) in [5, 5.41) is 10.1. The topological polar surface area (TPSA) is 32.7 Å². The molecule has 0 bridgehead atoms. The van der Waals surface area contributed by atoms with Crippen molar-refractivity contribution in [2.45, 2.75) is 66.0 Å². The number of hydrogen-bond donors (Lipinski definition) is 1. The van der Waals surface area contributed by atoms with Crippen LogP contribution in [0.3, 0.4) is 0 Å². The third-order valence-corrected chi connectivity index (χ3v) is 3.73. The summed E-state index contributed by atoms with van der Waals surface area (Å²) < 4.78 is 5.18. The lowest BCUT2D eigenvalue weighted by atomic mass is 9.87. The van der Waals surface area contributed by atoms with E-state index in [1.807, 2.05) is 0 Å². The third kappa shape index (κ3) is 6.72. The molecule has 0 amide bonds. The molecule has 0 aliphatic carbocycles. The van der Waals surface area contributed by atoms with E-state index in [0.717, 1.165) is 39.0 Å². The van der Waals surface area contributed by atoms with E-state index in [4.69, 9.17) is 4.74 Å². The van der Waals surface area contributed by atoms with Crippen LogP contribution in [-0.2, 0) is 4.74 Å². The first-order valence-electron chi connectivity index (χ1n) is 7.27. The second kappa shape index (κ2) is 8.89. The first-order chi connectivity index (χ1) is 8.36. The summed E-state index contributed by atoms with van der Waals surface area (Å²) in [5.41, 5.74) is -0.0269. The molecule has 3 heteroatoms. The van der Waals surface area contributed by atoms with Gasteiger partial charge in [-0.25, -0.2) is 0 Å². The van der Waals surface area contributed by atoms with Crippen molar-refractivity contribution in [2.75, 3.05) is 26.8 Å². The molecule has 0 aromatic rings. The molecule has 3 nitrogen and oxygen atoms in total. The number of rotatable bonds is 9. The van der Waals surface area contributed by atoms with Gasteiger partial charge in [0.15, 0.2) is 0 Å². The fourth-order valence-corrected chi connectivity index (χ4v) is 2.21. The Morgan fingerprint density at radius 1 is 1.11 bits per heavy atom. The fourth-order valence-electron chi connectivity index (χ4n) is 2.21. The monoisotopic (exact) mass is 259 g/mol. The summed E-state index contributed by atoms with van der Waals surface area (Å²) in [6, 6.07) is 0.604. The van der Waals surface area contributed by atoms with Crippen LogP contribution in [0.5, 0.6) is 0 Å². The van der Waals surface area contributed by atoms with E-state index >= 15 is 0 Å². The van der Waals surface area contributed by atoms with Crippen molar-refractivity contribution >= 4 is 0 Å². The van der Waals surface area contributed by atoms with Crippen LogP contribution in [0.2, 0.25) is 0 Å². The highest BCUT2D eigenvalue weighted by molar-refractivity contribution is 4.76. The zero-order valence-corrected chi connectivity index (χ0v) is 13.2. The molecule has 0 saturated heterocycles. The van der Waals surface area contributed by atoms with E-state index in [1.54, 1.807) is 7.11 Å². The average molecular weight is 259 g/mol. The lowest BCUT2D eigenvalue weighted by Crippen LogP contribution is -2.40. The Hall–Kier alpha value is -0.120. The maximum atomic E-state index is 10.1. The number of ether oxygens (including phenoxy) is 1. The smallest absolute Gasteiger partial charge is 0.0600 e. The molecular formula is C15H33NO2. The summed E-state index contributed by atoms with van der Waals surface area (Å²) >= 11 is 0. The van der Waals surface area contributed by atoms with Crippen LogP contribution in [0.1, 0.15) is 53.9 Å². The molecule has 0 radical (unpaired) electrons. The van der Waals surface area contributed by atoms with Gasteiger partial charge in [0, 0.05) is 26.2 Å². The molecule has 110 valence electrons. The Balaban J connectivity index is 4.31. The summed E-state index contributed by atoms with van der Waals surface area (Å²) in [4.78, 5) is 2.46. The fraction of sp³-hybridized carbons (Fsp3) is 1.00. The minimum Gasteiger partial charge on any atom is -0.393 e. The molecule has 1 N–H and O–H groups in total. The van der Waals surface area contributed by atoms with E-state index in [1.165, 1.54) is 0 Å². The molecule has 0 spiro atoms. The van der Waals surface area contributed by atoms with Crippen molar-refractivity contribution in [1.82, 2.24) is 4.90 Å². The number of aliphatic hydroxyl groups excluding tert-OH is 1. The van der Waals surface area contributed by atoms with Gasteiger partial charge < -0.3 is 9.84 Å². The van der Waals surface area contributed by atoms with Crippen LogP contribution in [0.4, 0.5) is 0 Å². The molecule has 1 atom stereocenters. The van der Waals surface area contributed by atoms with Gasteiger partial charge in [0.25, 0.3) is 0 Å². The van der Waals surface area contributed by atoms with Crippen LogP contribution >= 0.6 is 0 Å². The average Bonchev–Trinajstić information content (AvgIpc) is 2.31. The van der Waals surface area contributed by atoms with Gasteiger partial charge in [-0.15, -0.1) is 0 Å². The minimum absolute atomic E-state index is 0.0269. The van der Waals surface area contributed by atoms with Crippen LogP contribution in [-0.4, -0.2) is 49.0 Å². The van der Waals surface area contributed by atoms with Gasteiger partial charge >= 0.3 is 0 Å². The van der Waals surface area contributed by atoms with Crippen LogP contribution in [0, 0.1) is 5.41 Å². The van der Waals surface area contributed by atoms with Gasteiger partial charge in [-0.1, -0.05) is 34.6 Å². The Morgan fingerprint density at radius 3 is 2.06 bits per heavy atom. The Morgan fingerprint density at radius 2 is 1.67 bits per heavy atom. The minimum atomic E-state index is -0.239. The van der Waals surface area contributed by atoms with E-state index in [9.17, 15) is 5.11 Å². The zero-order chi connectivity index (χ0) is 14.2. The second-order valence-corrected chi connectivity index (χ2v) is 6.17.